The van der Waals surface area contributed by atoms with Crippen molar-refractivity contribution < 1.29 is 9.72 Å². The van der Waals surface area contributed by atoms with Crippen LogP contribution in [0.3, 0.4) is 0 Å². The number of benzene rings is 4. The lowest BCUT2D eigenvalue weighted by Crippen LogP contribution is -2.39. The topological polar surface area (TPSA) is 75.8 Å². The minimum absolute atomic E-state index is 0.0195. The zero-order valence-electron chi connectivity index (χ0n) is 18.2. The highest BCUT2D eigenvalue weighted by Gasteiger charge is 2.44. The van der Waals surface area contributed by atoms with Gasteiger partial charge in [-0.15, -0.1) is 0 Å². The monoisotopic (exact) mass is 447 g/mol. The van der Waals surface area contributed by atoms with Gasteiger partial charge < -0.3 is 0 Å². The molecule has 2 atom stereocenters. The lowest BCUT2D eigenvalue weighted by molar-refractivity contribution is -0.384. The SMILES string of the molecule is O=C(c1ccccc1)C1C(c2cccc([N+](=O)[O-])c2)C(c2ccccc2)=NN1c1ccccc1. The van der Waals surface area contributed by atoms with Gasteiger partial charge in [0.05, 0.1) is 22.2 Å². The van der Waals surface area contributed by atoms with E-state index < -0.39 is 16.9 Å². The summed E-state index contributed by atoms with van der Waals surface area (Å²) in [5.41, 5.74) is 3.55. The van der Waals surface area contributed by atoms with Gasteiger partial charge in [0.15, 0.2) is 5.78 Å². The van der Waals surface area contributed by atoms with Crippen molar-refractivity contribution in [2.75, 3.05) is 5.01 Å². The van der Waals surface area contributed by atoms with Crippen LogP contribution in [0.25, 0.3) is 0 Å². The summed E-state index contributed by atoms with van der Waals surface area (Å²) >= 11 is 0. The summed E-state index contributed by atoms with van der Waals surface area (Å²) in [4.78, 5) is 25.1. The molecule has 0 saturated heterocycles. The molecule has 2 unspecified atom stereocenters. The number of ketones is 1. The largest absolute Gasteiger partial charge is 0.292 e. The van der Waals surface area contributed by atoms with Crippen molar-refractivity contribution in [1.29, 1.82) is 0 Å². The van der Waals surface area contributed by atoms with E-state index in [1.807, 2.05) is 84.9 Å². The fourth-order valence-corrected chi connectivity index (χ4v) is 4.38. The van der Waals surface area contributed by atoms with Gasteiger partial charge in [0, 0.05) is 17.7 Å². The van der Waals surface area contributed by atoms with Crippen LogP contribution in [0.2, 0.25) is 0 Å². The van der Waals surface area contributed by atoms with E-state index in [9.17, 15) is 14.9 Å². The molecule has 6 nitrogen and oxygen atoms in total. The van der Waals surface area contributed by atoms with Gasteiger partial charge in [-0.25, -0.2) is 0 Å². The predicted octanol–water partition coefficient (Wildman–Crippen LogP) is 5.85. The van der Waals surface area contributed by atoms with Crippen LogP contribution in [0.4, 0.5) is 11.4 Å². The molecule has 4 aromatic carbocycles. The predicted molar refractivity (Wildman–Crippen MR) is 132 cm³/mol. The fourth-order valence-electron chi connectivity index (χ4n) is 4.38. The van der Waals surface area contributed by atoms with Crippen molar-refractivity contribution in [1.82, 2.24) is 0 Å². The molecule has 166 valence electrons. The summed E-state index contributed by atoms with van der Waals surface area (Å²) in [6.07, 6.45) is 0. The quantitative estimate of drug-likeness (QED) is 0.211. The molecule has 1 aliphatic heterocycles. The molecular formula is C28H21N3O3. The number of nitro groups is 1. The second-order valence-corrected chi connectivity index (χ2v) is 8.04. The van der Waals surface area contributed by atoms with E-state index in [1.165, 1.54) is 6.07 Å². The van der Waals surface area contributed by atoms with Gasteiger partial charge in [-0.3, -0.25) is 19.9 Å². The zero-order valence-corrected chi connectivity index (χ0v) is 18.2. The first-order valence-electron chi connectivity index (χ1n) is 11.0. The van der Waals surface area contributed by atoms with E-state index in [0.717, 1.165) is 11.3 Å². The summed E-state index contributed by atoms with van der Waals surface area (Å²) in [6, 6.07) is 34.1. The van der Waals surface area contributed by atoms with Crippen LogP contribution >= 0.6 is 0 Å². The number of Topliss-reactive ketones (excluding diaryl/α,β-unsaturated/α-hetero) is 1. The van der Waals surface area contributed by atoms with Crippen LogP contribution in [-0.4, -0.2) is 22.5 Å². The van der Waals surface area contributed by atoms with Crippen molar-refractivity contribution in [3.8, 4) is 0 Å². The van der Waals surface area contributed by atoms with Crippen molar-refractivity contribution in [3.05, 3.63) is 142 Å². The van der Waals surface area contributed by atoms with Gasteiger partial charge >= 0.3 is 0 Å². The maximum atomic E-state index is 14.0. The lowest BCUT2D eigenvalue weighted by Gasteiger charge is -2.27. The molecule has 34 heavy (non-hydrogen) atoms. The number of hydrazone groups is 1. The molecule has 1 heterocycles. The number of anilines is 1. The fraction of sp³-hybridized carbons (Fsp3) is 0.0714. The molecule has 0 fully saturated rings. The van der Waals surface area contributed by atoms with Crippen LogP contribution < -0.4 is 5.01 Å². The lowest BCUT2D eigenvalue weighted by atomic mass is 9.81. The first-order chi connectivity index (χ1) is 16.6. The van der Waals surface area contributed by atoms with Gasteiger partial charge in [-0.1, -0.05) is 91.0 Å². The molecule has 0 saturated carbocycles. The molecule has 0 aromatic heterocycles. The number of nitrogens with zero attached hydrogens (tertiary/aromatic N) is 3. The molecule has 4 aromatic rings. The Hall–Kier alpha value is -4.58. The number of hydrogen-bond acceptors (Lipinski definition) is 5. The van der Waals surface area contributed by atoms with E-state index in [0.29, 0.717) is 16.8 Å². The number of non-ortho nitro benzene ring substituents is 1. The third kappa shape index (κ3) is 3.97. The molecule has 0 radical (unpaired) electrons. The first kappa shape index (κ1) is 21.3. The van der Waals surface area contributed by atoms with Crippen LogP contribution in [0.1, 0.15) is 27.4 Å². The second kappa shape index (κ2) is 9.11. The van der Waals surface area contributed by atoms with E-state index in [4.69, 9.17) is 5.10 Å². The van der Waals surface area contributed by atoms with Gasteiger partial charge in [0.2, 0.25) is 0 Å². The molecule has 0 N–H and O–H groups in total. The zero-order chi connectivity index (χ0) is 23.5. The molecule has 0 bridgehead atoms. The highest BCUT2D eigenvalue weighted by molar-refractivity contribution is 6.15. The summed E-state index contributed by atoms with van der Waals surface area (Å²) < 4.78 is 0. The number of carbonyl (C=O) groups is 1. The van der Waals surface area contributed by atoms with Crippen molar-refractivity contribution in [2.24, 2.45) is 5.10 Å². The maximum absolute atomic E-state index is 14.0. The Bertz CT molecular complexity index is 1360. The van der Waals surface area contributed by atoms with E-state index in [2.05, 4.69) is 0 Å². The smallest absolute Gasteiger partial charge is 0.269 e. The normalized spacial score (nSPS) is 17.3. The first-order valence-corrected chi connectivity index (χ1v) is 11.0. The summed E-state index contributed by atoms with van der Waals surface area (Å²) in [5, 5.41) is 18.2. The van der Waals surface area contributed by atoms with Gasteiger partial charge in [-0.2, -0.15) is 5.10 Å². The van der Waals surface area contributed by atoms with Gasteiger partial charge in [0.25, 0.3) is 5.69 Å². The average molecular weight is 447 g/mol. The third-order valence-electron chi connectivity index (χ3n) is 5.95. The minimum Gasteiger partial charge on any atom is -0.292 e. The van der Waals surface area contributed by atoms with Crippen LogP contribution in [0.15, 0.2) is 120 Å². The summed E-state index contributed by atoms with van der Waals surface area (Å²) in [6.45, 7) is 0. The summed E-state index contributed by atoms with van der Waals surface area (Å²) in [5.74, 6) is -0.606. The van der Waals surface area contributed by atoms with Gasteiger partial charge in [-0.05, 0) is 23.3 Å². The van der Waals surface area contributed by atoms with E-state index in [-0.39, 0.29) is 11.5 Å². The number of carbonyl (C=O) groups excluding carboxylic acids is 1. The molecule has 0 amide bonds. The van der Waals surface area contributed by atoms with Crippen LogP contribution in [0.5, 0.6) is 0 Å². The number of rotatable bonds is 6. The third-order valence-corrected chi connectivity index (χ3v) is 5.95. The molecule has 0 spiro atoms. The Morgan fingerprint density at radius 2 is 1.41 bits per heavy atom. The van der Waals surface area contributed by atoms with E-state index in [1.54, 1.807) is 29.3 Å². The Balaban J connectivity index is 1.72. The standard InChI is InChI=1S/C28H21N3O3/c32-28(21-13-6-2-7-14-21)27-25(22-15-10-18-24(19-22)31(33)34)26(20-11-4-1-5-12-20)29-30(27)23-16-8-3-9-17-23/h1-19,25,27H. The van der Waals surface area contributed by atoms with Crippen LogP contribution in [-0.2, 0) is 0 Å². The Morgan fingerprint density at radius 1 is 0.794 bits per heavy atom. The molecular weight excluding hydrogens is 426 g/mol. The Labute approximate surface area is 196 Å². The number of nitro benzene ring substituents is 1. The number of hydrogen-bond donors (Lipinski definition) is 0. The minimum atomic E-state index is -0.706. The van der Waals surface area contributed by atoms with Crippen molar-refractivity contribution in [3.63, 3.8) is 0 Å². The molecule has 5 rings (SSSR count). The molecule has 0 aliphatic carbocycles. The van der Waals surface area contributed by atoms with E-state index >= 15 is 0 Å². The second-order valence-electron chi connectivity index (χ2n) is 8.04. The summed E-state index contributed by atoms with van der Waals surface area (Å²) in [7, 11) is 0. The number of para-hydroxylation sites is 1. The Kier molecular flexibility index (Phi) is 5.70. The van der Waals surface area contributed by atoms with Gasteiger partial charge in [0.1, 0.15) is 6.04 Å². The average Bonchev–Trinajstić information content (AvgIpc) is 3.30. The maximum Gasteiger partial charge on any atom is 0.269 e. The van der Waals surface area contributed by atoms with Crippen molar-refractivity contribution >= 4 is 22.9 Å². The molecule has 6 heteroatoms. The highest BCUT2D eigenvalue weighted by atomic mass is 16.6. The Morgan fingerprint density at radius 3 is 2.06 bits per heavy atom. The van der Waals surface area contributed by atoms with Crippen molar-refractivity contribution in [2.45, 2.75) is 12.0 Å². The van der Waals surface area contributed by atoms with Crippen LogP contribution in [0, 0.1) is 10.1 Å². The highest BCUT2D eigenvalue weighted by Crippen LogP contribution is 2.39. The molecule has 1 aliphatic rings.